The summed E-state index contributed by atoms with van der Waals surface area (Å²) in [5.41, 5.74) is 7.35. The summed E-state index contributed by atoms with van der Waals surface area (Å²) in [7, 11) is 0. The van der Waals surface area contributed by atoms with Crippen molar-refractivity contribution in [3.05, 3.63) is 72.7 Å². The number of carbonyl (C=O) groups excluding carboxylic acids is 1. The molecule has 1 amide bonds. The molecule has 0 aliphatic carbocycles. The monoisotopic (exact) mass is 400 g/mol. The number of rotatable bonds is 6. The third-order valence-corrected chi connectivity index (χ3v) is 4.67. The molecule has 0 aliphatic heterocycles. The fourth-order valence-corrected chi connectivity index (χ4v) is 3.16. The van der Waals surface area contributed by atoms with Gasteiger partial charge in [0, 0.05) is 47.3 Å². The zero-order valence-corrected chi connectivity index (χ0v) is 16.0. The Morgan fingerprint density at radius 3 is 2.50 bits per heavy atom. The first-order chi connectivity index (χ1) is 14.7. The Morgan fingerprint density at radius 2 is 1.80 bits per heavy atom. The van der Waals surface area contributed by atoms with Crippen molar-refractivity contribution < 1.29 is 9.90 Å². The standard InChI is InChI=1S/C22H20N6O2/c23-28-22(30)17-11-21(27-20-7-8-24-13-18(17)20)15-3-6-19(26-12-15)14-1-4-16(5-2-14)25-9-10-29/h1-8,11-13,25,29H,9-10,23H2,(H,28,30). The maximum absolute atomic E-state index is 12.2. The minimum absolute atomic E-state index is 0.0821. The number of nitrogens with one attached hydrogen (secondary N) is 2. The third kappa shape index (κ3) is 3.95. The van der Waals surface area contributed by atoms with Crippen molar-refractivity contribution in [2.45, 2.75) is 0 Å². The molecular formula is C22H20N6O2. The van der Waals surface area contributed by atoms with Gasteiger partial charge in [-0.05, 0) is 36.4 Å². The number of anilines is 1. The maximum Gasteiger partial charge on any atom is 0.265 e. The molecule has 8 heteroatoms. The minimum atomic E-state index is -0.406. The van der Waals surface area contributed by atoms with Gasteiger partial charge in [-0.15, -0.1) is 0 Å². The van der Waals surface area contributed by atoms with Crippen molar-refractivity contribution in [3.8, 4) is 22.5 Å². The van der Waals surface area contributed by atoms with E-state index in [0.29, 0.717) is 28.7 Å². The summed E-state index contributed by atoms with van der Waals surface area (Å²) in [5.74, 6) is 4.93. The zero-order chi connectivity index (χ0) is 20.9. The van der Waals surface area contributed by atoms with Crippen molar-refractivity contribution in [2.75, 3.05) is 18.5 Å². The number of amides is 1. The number of carbonyl (C=O) groups is 1. The van der Waals surface area contributed by atoms with Gasteiger partial charge in [-0.25, -0.2) is 10.8 Å². The van der Waals surface area contributed by atoms with Gasteiger partial charge in [0.05, 0.1) is 29.1 Å². The maximum atomic E-state index is 12.2. The van der Waals surface area contributed by atoms with Crippen molar-refractivity contribution in [3.63, 3.8) is 0 Å². The molecule has 1 aromatic carbocycles. The second-order valence-corrected chi connectivity index (χ2v) is 6.58. The van der Waals surface area contributed by atoms with Crippen LogP contribution in [-0.2, 0) is 0 Å². The molecule has 3 heterocycles. The van der Waals surface area contributed by atoms with Crippen molar-refractivity contribution in [1.82, 2.24) is 20.4 Å². The number of hydrogen-bond acceptors (Lipinski definition) is 7. The van der Waals surface area contributed by atoms with Gasteiger partial charge in [0.15, 0.2) is 0 Å². The highest BCUT2D eigenvalue weighted by atomic mass is 16.3. The van der Waals surface area contributed by atoms with Gasteiger partial charge in [-0.1, -0.05) is 12.1 Å². The fraction of sp³-hybridized carbons (Fsp3) is 0.0909. The Balaban J connectivity index is 1.66. The van der Waals surface area contributed by atoms with Crippen LogP contribution in [0.1, 0.15) is 10.4 Å². The number of fused-ring (bicyclic) bond motifs is 1. The average molecular weight is 400 g/mol. The van der Waals surface area contributed by atoms with E-state index in [2.05, 4.69) is 25.7 Å². The number of nitrogen functional groups attached to an aromatic ring is 1. The van der Waals surface area contributed by atoms with Crippen LogP contribution >= 0.6 is 0 Å². The number of aliphatic hydroxyl groups excluding tert-OH is 1. The highest BCUT2D eigenvalue weighted by Gasteiger charge is 2.13. The van der Waals surface area contributed by atoms with Crippen LogP contribution in [0.25, 0.3) is 33.4 Å². The van der Waals surface area contributed by atoms with Gasteiger partial charge in [0.25, 0.3) is 5.91 Å². The molecule has 4 aromatic rings. The zero-order valence-electron chi connectivity index (χ0n) is 16.0. The van der Waals surface area contributed by atoms with Crippen molar-refractivity contribution >= 4 is 22.5 Å². The third-order valence-electron chi connectivity index (χ3n) is 4.67. The van der Waals surface area contributed by atoms with E-state index < -0.39 is 5.91 Å². The van der Waals surface area contributed by atoms with Crippen LogP contribution in [0, 0.1) is 0 Å². The van der Waals surface area contributed by atoms with E-state index in [0.717, 1.165) is 22.5 Å². The molecule has 0 atom stereocenters. The minimum Gasteiger partial charge on any atom is -0.395 e. The molecule has 0 radical (unpaired) electrons. The van der Waals surface area contributed by atoms with Gasteiger partial charge in [0.2, 0.25) is 0 Å². The van der Waals surface area contributed by atoms with E-state index in [1.54, 1.807) is 30.7 Å². The summed E-state index contributed by atoms with van der Waals surface area (Å²) in [6, 6.07) is 15.1. The fourth-order valence-electron chi connectivity index (χ4n) is 3.16. The predicted octanol–water partition coefficient (Wildman–Crippen LogP) is 2.37. The van der Waals surface area contributed by atoms with Crippen LogP contribution in [0.2, 0.25) is 0 Å². The summed E-state index contributed by atoms with van der Waals surface area (Å²) in [6.07, 6.45) is 4.95. The molecule has 150 valence electrons. The number of aromatic nitrogens is 3. The van der Waals surface area contributed by atoms with Gasteiger partial charge < -0.3 is 10.4 Å². The van der Waals surface area contributed by atoms with E-state index in [4.69, 9.17) is 10.9 Å². The Kier molecular flexibility index (Phi) is 5.60. The topological polar surface area (TPSA) is 126 Å². The highest BCUT2D eigenvalue weighted by Crippen LogP contribution is 2.26. The molecule has 30 heavy (non-hydrogen) atoms. The van der Waals surface area contributed by atoms with E-state index in [1.165, 1.54) is 0 Å². The molecule has 8 nitrogen and oxygen atoms in total. The molecule has 0 saturated carbocycles. The van der Waals surface area contributed by atoms with Gasteiger partial charge >= 0.3 is 0 Å². The van der Waals surface area contributed by atoms with Crippen LogP contribution in [0.3, 0.4) is 0 Å². The second kappa shape index (κ2) is 8.64. The Hall–Kier alpha value is -3.88. The predicted molar refractivity (Wildman–Crippen MR) is 115 cm³/mol. The molecule has 0 saturated heterocycles. The Morgan fingerprint density at radius 1 is 1.00 bits per heavy atom. The lowest BCUT2D eigenvalue weighted by Gasteiger charge is -2.09. The number of nitrogens with zero attached hydrogens (tertiary/aromatic N) is 3. The Labute approximate surface area is 172 Å². The smallest absolute Gasteiger partial charge is 0.265 e. The lowest BCUT2D eigenvalue weighted by atomic mass is 10.0. The Bertz CT molecular complexity index is 1180. The molecule has 0 spiro atoms. The SMILES string of the molecule is NNC(=O)c1cc(-c2ccc(-c3ccc(NCCO)cc3)nc2)nc2ccncc12. The van der Waals surface area contributed by atoms with E-state index in [1.807, 2.05) is 36.4 Å². The molecule has 3 aromatic heterocycles. The molecule has 0 aliphatic rings. The number of aliphatic hydroxyl groups is 1. The number of benzene rings is 1. The van der Waals surface area contributed by atoms with Crippen LogP contribution in [0.15, 0.2) is 67.1 Å². The van der Waals surface area contributed by atoms with E-state index in [-0.39, 0.29) is 6.61 Å². The summed E-state index contributed by atoms with van der Waals surface area (Å²) in [5, 5.41) is 12.6. The number of nitrogens with two attached hydrogens (primary N) is 1. The lowest BCUT2D eigenvalue weighted by Crippen LogP contribution is -2.30. The molecular weight excluding hydrogens is 380 g/mol. The molecule has 0 fully saturated rings. The molecule has 5 N–H and O–H groups in total. The number of hydrazine groups is 1. The second-order valence-electron chi connectivity index (χ2n) is 6.58. The first-order valence-corrected chi connectivity index (χ1v) is 9.37. The molecule has 0 unspecified atom stereocenters. The summed E-state index contributed by atoms with van der Waals surface area (Å²) >= 11 is 0. The van der Waals surface area contributed by atoms with Crippen LogP contribution in [-0.4, -0.2) is 39.1 Å². The van der Waals surface area contributed by atoms with E-state index in [9.17, 15) is 4.79 Å². The highest BCUT2D eigenvalue weighted by molar-refractivity contribution is 6.06. The lowest BCUT2D eigenvalue weighted by molar-refractivity contribution is 0.0955. The van der Waals surface area contributed by atoms with Gasteiger partial charge in [0.1, 0.15) is 0 Å². The van der Waals surface area contributed by atoms with Crippen molar-refractivity contribution in [1.29, 1.82) is 0 Å². The summed E-state index contributed by atoms with van der Waals surface area (Å²) in [4.78, 5) is 25.5. The largest absolute Gasteiger partial charge is 0.395 e. The van der Waals surface area contributed by atoms with Crippen molar-refractivity contribution in [2.24, 2.45) is 5.84 Å². The van der Waals surface area contributed by atoms with Crippen LogP contribution < -0.4 is 16.6 Å². The summed E-state index contributed by atoms with van der Waals surface area (Å²) < 4.78 is 0. The number of hydrogen-bond donors (Lipinski definition) is 4. The first-order valence-electron chi connectivity index (χ1n) is 9.37. The number of pyridine rings is 3. The van der Waals surface area contributed by atoms with Gasteiger partial charge in [-0.3, -0.25) is 20.2 Å². The quantitative estimate of drug-likeness (QED) is 0.222. The average Bonchev–Trinajstić information content (AvgIpc) is 2.82. The summed E-state index contributed by atoms with van der Waals surface area (Å²) in [6.45, 7) is 0.587. The molecule has 4 rings (SSSR count). The first kappa shape index (κ1) is 19.4. The van der Waals surface area contributed by atoms with E-state index >= 15 is 0 Å². The van der Waals surface area contributed by atoms with Crippen LogP contribution in [0.5, 0.6) is 0 Å². The normalized spacial score (nSPS) is 10.7. The van der Waals surface area contributed by atoms with Gasteiger partial charge in [-0.2, -0.15) is 0 Å². The molecule has 0 bridgehead atoms. The van der Waals surface area contributed by atoms with Crippen LogP contribution in [0.4, 0.5) is 5.69 Å².